The van der Waals surface area contributed by atoms with Crippen molar-refractivity contribution in [3.8, 4) is 5.75 Å². The summed E-state index contributed by atoms with van der Waals surface area (Å²) >= 11 is 0. The third-order valence-corrected chi connectivity index (χ3v) is 3.69. The number of benzene rings is 1. The predicted octanol–water partition coefficient (Wildman–Crippen LogP) is 3.68. The third kappa shape index (κ3) is 4.34. The molecule has 0 aliphatic heterocycles. The molecule has 3 atom stereocenters. The SMILES string of the molecule is CCC(O)C(C)CC(C)Cc1ccc(O)c(C)c1. The molecular formula is C16H26O2. The van der Waals surface area contributed by atoms with Crippen LogP contribution in [0.3, 0.4) is 0 Å². The van der Waals surface area contributed by atoms with Gasteiger partial charge in [-0.15, -0.1) is 0 Å². The van der Waals surface area contributed by atoms with Gasteiger partial charge in [0.1, 0.15) is 5.75 Å². The van der Waals surface area contributed by atoms with Crippen LogP contribution in [0.25, 0.3) is 0 Å². The van der Waals surface area contributed by atoms with Gasteiger partial charge in [0.2, 0.25) is 0 Å². The highest BCUT2D eigenvalue weighted by atomic mass is 16.3. The minimum atomic E-state index is -0.186. The quantitative estimate of drug-likeness (QED) is 0.808. The van der Waals surface area contributed by atoms with Crippen molar-refractivity contribution in [2.45, 2.75) is 53.1 Å². The number of hydrogen-bond acceptors (Lipinski definition) is 2. The van der Waals surface area contributed by atoms with Crippen LogP contribution in [0.15, 0.2) is 18.2 Å². The first-order valence-corrected chi connectivity index (χ1v) is 6.90. The van der Waals surface area contributed by atoms with Crippen molar-refractivity contribution < 1.29 is 10.2 Å². The van der Waals surface area contributed by atoms with E-state index in [-0.39, 0.29) is 6.10 Å². The van der Waals surface area contributed by atoms with Crippen molar-refractivity contribution in [2.75, 3.05) is 0 Å². The number of aliphatic hydroxyl groups excluding tert-OH is 1. The lowest BCUT2D eigenvalue weighted by Gasteiger charge is -2.21. The van der Waals surface area contributed by atoms with Crippen LogP contribution in [-0.4, -0.2) is 16.3 Å². The van der Waals surface area contributed by atoms with Crippen LogP contribution in [0.2, 0.25) is 0 Å². The molecule has 0 radical (unpaired) electrons. The summed E-state index contributed by atoms with van der Waals surface area (Å²) in [5.41, 5.74) is 2.19. The zero-order valence-corrected chi connectivity index (χ0v) is 12.0. The monoisotopic (exact) mass is 250 g/mol. The van der Waals surface area contributed by atoms with Gasteiger partial charge < -0.3 is 10.2 Å². The number of phenolic OH excluding ortho intramolecular Hbond substituents is 1. The van der Waals surface area contributed by atoms with Gasteiger partial charge in [0.05, 0.1) is 6.10 Å². The molecule has 1 rings (SSSR count). The van der Waals surface area contributed by atoms with Gasteiger partial charge >= 0.3 is 0 Å². The Morgan fingerprint density at radius 3 is 2.44 bits per heavy atom. The van der Waals surface area contributed by atoms with Crippen LogP contribution < -0.4 is 0 Å². The molecule has 0 bridgehead atoms. The predicted molar refractivity (Wildman–Crippen MR) is 75.8 cm³/mol. The first-order chi connectivity index (χ1) is 8.43. The van der Waals surface area contributed by atoms with E-state index in [4.69, 9.17) is 0 Å². The lowest BCUT2D eigenvalue weighted by Crippen LogP contribution is -2.19. The highest BCUT2D eigenvalue weighted by molar-refractivity contribution is 5.35. The molecule has 102 valence electrons. The Morgan fingerprint density at radius 2 is 1.89 bits per heavy atom. The molecule has 0 amide bonds. The van der Waals surface area contributed by atoms with E-state index in [0.717, 1.165) is 24.8 Å². The number of aromatic hydroxyl groups is 1. The summed E-state index contributed by atoms with van der Waals surface area (Å²) in [6.07, 6.45) is 2.68. The van der Waals surface area contributed by atoms with Crippen molar-refractivity contribution in [1.29, 1.82) is 0 Å². The van der Waals surface area contributed by atoms with Crippen LogP contribution in [0.5, 0.6) is 5.75 Å². The summed E-state index contributed by atoms with van der Waals surface area (Å²) in [5.74, 6) is 1.26. The zero-order valence-electron chi connectivity index (χ0n) is 12.0. The molecule has 3 unspecified atom stereocenters. The maximum Gasteiger partial charge on any atom is 0.118 e. The van der Waals surface area contributed by atoms with Crippen LogP contribution in [0.1, 0.15) is 44.7 Å². The Morgan fingerprint density at radius 1 is 1.22 bits per heavy atom. The molecule has 1 aromatic rings. The summed E-state index contributed by atoms with van der Waals surface area (Å²) in [6, 6.07) is 5.80. The summed E-state index contributed by atoms with van der Waals surface area (Å²) in [4.78, 5) is 0. The first kappa shape index (κ1) is 15.0. The summed E-state index contributed by atoms with van der Waals surface area (Å²) in [5, 5.41) is 19.3. The summed E-state index contributed by atoms with van der Waals surface area (Å²) in [7, 11) is 0. The fourth-order valence-electron chi connectivity index (χ4n) is 2.52. The van der Waals surface area contributed by atoms with Gasteiger partial charge in [0, 0.05) is 0 Å². The Labute approximate surface area is 111 Å². The smallest absolute Gasteiger partial charge is 0.118 e. The van der Waals surface area contributed by atoms with Gasteiger partial charge in [-0.25, -0.2) is 0 Å². The van der Waals surface area contributed by atoms with Crippen molar-refractivity contribution in [2.24, 2.45) is 11.8 Å². The van der Waals surface area contributed by atoms with Crippen molar-refractivity contribution in [1.82, 2.24) is 0 Å². The van der Waals surface area contributed by atoms with Gasteiger partial charge in [-0.3, -0.25) is 0 Å². The fourth-order valence-corrected chi connectivity index (χ4v) is 2.52. The Kier molecular flexibility index (Phi) is 5.67. The third-order valence-electron chi connectivity index (χ3n) is 3.69. The van der Waals surface area contributed by atoms with E-state index in [0.29, 0.717) is 17.6 Å². The highest BCUT2D eigenvalue weighted by Gasteiger charge is 2.16. The van der Waals surface area contributed by atoms with Crippen LogP contribution >= 0.6 is 0 Å². The molecule has 18 heavy (non-hydrogen) atoms. The average Bonchev–Trinajstić information content (AvgIpc) is 2.32. The Balaban J connectivity index is 2.53. The van der Waals surface area contributed by atoms with E-state index in [1.165, 1.54) is 5.56 Å². The first-order valence-electron chi connectivity index (χ1n) is 6.90. The van der Waals surface area contributed by atoms with E-state index in [2.05, 4.69) is 13.8 Å². The maximum atomic E-state index is 9.79. The van der Waals surface area contributed by atoms with Crippen molar-refractivity contribution in [3.05, 3.63) is 29.3 Å². The van der Waals surface area contributed by atoms with Crippen molar-refractivity contribution in [3.63, 3.8) is 0 Å². The molecular weight excluding hydrogens is 224 g/mol. The van der Waals surface area contributed by atoms with Gasteiger partial charge in [0.25, 0.3) is 0 Å². The molecule has 0 saturated carbocycles. The minimum absolute atomic E-state index is 0.186. The molecule has 0 heterocycles. The van der Waals surface area contributed by atoms with E-state index < -0.39 is 0 Å². The van der Waals surface area contributed by atoms with Gasteiger partial charge in [-0.2, -0.15) is 0 Å². The minimum Gasteiger partial charge on any atom is -0.508 e. The molecule has 0 fully saturated rings. The topological polar surface area (TPSA) is 40.5 Å². The van der Waals surface area contributed by atoms with E-state index in [1.807, 2.05) is 26.0 Å². The lowest BCUT2D eigenvalue weighted by molar-refractivity contribution is 0.0994. The highest BCUT2D eigenvalue weighted by Crippen LogP contribution is 2.23. The normalized spacial score (nSPS) is 16.3. The van der Waals surface area contributed by atoms with Gasteiger partial charge in [-0.1, -0.05) is 32.9 Å². The molecule has 0 spiro atoms. The van der Waals surface area contributed by atoms with Gasteiger partial charge in [-0.05, 0) is 55.2 Å². The number of rotatable bonds is 6. The molecule has 2 N–H and O–H groups in total. The summed E-state index contributed by atoms with van der Waals surface area (Å²) < 4.78 is 0. The fraction of sp³-hybridized carbons (Fsp3) is 0.625. The zero-order chi connectivity index (χ0) is 13.7. The van der Waals surface area contributed by atoms with E-state index in [9.17, 15) is 10.2 Å². The van der Waals surface area contributed by atoms with Gasteiger partial charge in [0.15, 0.2) is 0 Å². The van der Waals surface area contributed by atoms with E-state index in [1.54, 1.807) is 6.07 Å². The molecule has 1 aromatic carbocycles. The number of phenols is 1. The standard InChI is InChI=1S/C16H26O2/c1-5-15(17)12(3)8-11(2)9-14-6-7-16(18)13(4)10-14/h6-7,10-12,15,17-18H,5,8-9H2,1-4H3. The average molecular weight is 250 g/mol. The summed E-state index contributed by atoms with van der Waals surface area (Å²) in [6.45, 7) is 8.29. The number of aliphatic hydroxyl groups is 1. The largest absolute Gasteiger partial charge is 0.508 e. The molecule has 2 heteroatoms. The Hall–Kier alpha value is -1.02. The number of hydrogen-bond donors (Lipinski definition) is 2. The van der Waals surface area contributed by atoms with Crippen LogP contribution in [0.4, 0.5) is 0 Å². The molecule has 2 nitrogen and oxygen atoms in total. The molecule has 0 saturated heterocycles. The number of aryl methyl sites for hydroxylation is 1. The van der Waals surface area contributed by atoms with Crippen LogP contribution in [0, 0.1) is 18.8 Å². The maximum absolute atomic E-state index is 9.79. The second-order valence-corrected chi connectivity index (χ2v) is 5.62. The second-order valence-electron chi connectivity index (χ2n) is 5.62. The lowest BCUT2D eigenvalue weighted by atomic mass is 9.88. The molecule has 0 aliphatic rings. The van der Waals surface area contributed by atoms with Crippen LogP contribution in [-0.2, 0) is 6.42 Å². The second kappa shape index (κ2) is 6.79. The Bertz CT molecular complexity index is 373. The molecule has 0 aromatic heterocycles. The van der Waals surface area contributed by atoms with E-state index >= 15 is 0 Å². The molecule has 0 aliphatic carbocycles. The van der Waals surface area contributed by atoms with Crippen molar-refractivity contribution >= 4 is 0 Å².